The van der Waals surface area contributed by atoms with E-state index in [2.05, 4.69) is 34.6 Å². The van der Waals surface area contributed by atoms with Crippen LogP contribution in [0.4, 0.5) is 0 Å². The molecule has 1 amide bonds. The van der Waals surface area contributed by atoms with Crippen LogP contribution in [0.5, 0.6) is 0 Å². The fourth-order valence-corrected chi connectivity index (χ4v) is 7.77. The number of carbonyl (C=O) groups excluding carboxylic acids is 2. The summed E-state index contributed by atoms with van der Waals surface area (Å²) in [6.45, 7) is 13.6. The SMILES string of the molecule is CCN(CC)C(=O)[C@H]1CCC2C3CN=C4C(C)C(=O)CC[C@]4(C)C3CC[C@@]21C. The molecule has 0 radical (unpaired) electrons. The highest BCUT2D eigenvalue weighted by Crippen LogP contribution is 2.64. The highest BCUT2D eigenvalue weighted by atomic mass is 16.2. The number of aliphatic imine (C=N–C) groups is 1. The van der Waals surface area contributed by atoms with Crippen molar-refractivity contribution in [1.82, 2.24) is 4.90 Å². The summed E-state index contributed by atoms with van der Waals surface area (Å²) >= 11 is 0. The minimum atomic E-state index is 0.00795. The zero-order valence-electron chi connectivity index (χ0n) is 18.5. The van der Waals surface area contributed by atoms with Crippen LogP contribution in [-0.4, -0.2) is 41.9 Å². The van der Waals surface area contributed by atoms with Crippen molar-refractivity contribution in [3.8, 4) is 0 Å². The van der Waals surface area contributed by atoms with Crippen LogP contribution in [0.15, 0.2) is 4.99 Å². The van der Waals surface area contributed by atoms with Gasteiger partial charge < -0.3 is 4.90 Å². The topological polar surface area (TPSA) is 49.7 Å². The van der Waals surface area contributed by atoms with Crippen LogP contribution in [0.3, 0.4) is 0 Å². The number of hydrogen-bond acceptors (Lipinski definition) is 3. The standard InChI is InChI=1S/C24H38N2O2/c1-6-26(7-2)22(28)19-9-8-17-16-14-25-21-15(3)20(27)11-13-24(21,5)18(16)10-12-23(17,19)4/h15-19H,6-14H2,1-5H3/t15?,16?,17?,18?,19-,23+,24-/m1/s1. The summed E-state index contributed by atoms with van der Waals surface area (Å²) in [5, 5.41) is 0. The lowest BCUT2D eigenvalue weighted by Crippen LogP contribution is -2.57. The molecule has 0 aromatic rings. The van der Waals surface area contributed by atoms with Gasteiger partial charge in [0.25, 0.3) is 0 Å². The first-order chi connectivity index (χ1) is 13.3. The molecule has 3 saturated carbocycles. The molecule has 0 bridgehead atoms. The normalized spacial score (nSPS) is 45.0. The molecule has 4 heteroatoms. The van der Waals surface area contributed by atoms with E-state index in [1.807, 2.05) is 4.90 Å². The average Bonchev–Trinajstić information content (AvgIpc) is 3.03. The zero-order chi connectivity index (χ0) is 20.3. The van der Waals surface area contributed by atoms with Crippen LogP contribution >= 0.6 is 0 Å². The largest absolute Gasteiger partial charge is 0.343 e. The van der Waals surface area contributed by atoms with Crippen molar-refractivity contribution in [2.24, 2.45) is 45.4 Å². The van der Waals surface area contributed by atoms with E-state index in [-0.39, 0.29) is 22.7 Å². The smallest absolute Gasteiger partial charge is 0.226 e. The van der Waals surface area contributed by atoms with Crippen molar-refractivity contribution in [3.63, 3.8) is 0 Å². The lowest BCUT2D eigenvalue weighted by atomic mass is 9.48. The third-order valence-corrected chi connectivity index (χ3v) is 9.47. The van der Waals surface area contributed by atoms with Crippen LogP contribution in [0, 0.1) is 40.4 Å². The van der Waals surface area contributed by atoms with Gasteiger partial charge in [-0.05, 0) is 69.1 Å². The number of carbonyl (C=O) groups is 2. The lowest BCUT2D eigenvalue weighted by Gasteiger charge is -2.57. The third kappa shape index (κ3) is 2.65. The van der Waals surface area contributed by atoms with Crippen LogP contribution in [0.2, 0.25) is 0 Å². The number of ketones is 1. The van der Waals surface area contributed by atoms with Gasteiger partial charge in [0.15, 0.2) is 0 Å². The van der Waals surface area contributed by atoms with Gasteiger partial charge in [0.1, 0.15) is 5.78 Å². The Kier molecular flexibility index (Phi) is 4.99. The number of Topliss-reactive ketones (excluding diaryl/α,β-unsaturated/α-hetero) is 1. The number of rotatable bonds is 3. The fraction of sp³-hybridized carbons (Fsp3) is 0.875. The van der Waals surface area contributed by atoms with Gasteiger partial charge in [-0.15, -0.1) is 0 Å². The first-order valence-electron chi connectivity index (χ1n) is 11.6. The van der Waals surface area contributed by atoms with Crippen LogP contribution in [0.1, 0.15) is 73.1 Å². The first-order valence-corrected chi connectivity index (χ1v) is 11.6. The van der Waals surface area contributed by atoms with E-state index in [4.69, 9.17) is 4.99 Å². The molecule has 4 nitrogen and oxygen atoms in total. The Morgan fingerprint density at radius 3 is 2.50 bits per heavy atom. The van der Waals surface area contributed by atoms with E-state index < -0.39 is 0 Å². The van der Waals surface area contributed by atoms with Crippen LogP contribution in [-0.2, 0) is 9.59 Å². The third-order valence-electron chi connectivity index (χ3n) is 9.47. The molecule has 0 aromatic carbocycles. The number of amides is 1. The molecule has 28 heavy (non-hydrogen) atoms. The molecule has 0 saturated heterocycles. The molecule has 1 aliphatic heterocycles. The molecule has 156 valence electrons. The Labute approximate surface area is 170 Å². The van der Waals surface area contributed by atoms with Crippen molar-refractivity contribution in [2.75, 3.05) is 19.6 Å². The fourth-order valence-electron chi connectivity index (χ4n) is 7.77. The summed E-state index contributed by atoms with van der Waals surface area (Å²) < 4.78 is 0. The van der Waals surface area contributed by atoms with Gasteiger partial charge in [0.05, 0.1) is 5.92 Å². The van der Waals surface area contributed by atoms with E-state index in [1.54, 1.807) is 0 Å². The minimum Gasteiger partial charge on any atom is -0.343 e. The molecular formula is C24H38N2O2. The molecule has 4 aliphatic rings. The van der Waals surface area contributed by atoms with E-state index in [1.165, 1.54) is 18.6 Å². The van der Waals surface area contributed by atoms with Crippen molar-refractivity contribution in [3.05, 3.63) is 0 Å². The second kappa shape index (κ2) is 6.95. The van der Waals surface area contributed by atoms with E-state index in [0.29, 0.717) is 35.9 Å². The van der Waals surface area contributed by atoms with Gasteiger partial charge in [0.2, 0.25) is 5.91 Å². The Balaban J connectivity index is 1.62. The molecule has 0 aromatic heterocycles. The van der Waals surface area contributed by atoms with Gasteiger partial charge >= 0.3 is 0 Å². The molecule has 1 heterocycles. The Bertz CT molecular complexity index is 697. The maximum atomic E-state index is 13.3. The Hall–Kier alpha value is -1.19. The molecule has 0 N–H and O–H groups in total. The summed E-state index contributed by atoms with van der Waals surface area (Å²) in [6.07, 6.45) is 6.25. The summed E-state index contributed by atoms with van der Waals surface area (Å²) in [7, 11) is 0. The maximum absolute atomic E-state index is 13.3. The van der Waals surface area contributed by atoms with Gasteiger partial charge in [-0.1, -0.05) is 20.8 Å². The van der Waals surface area contributed by atoms with Crippen molar-refractivity contribution in [1.29, 1.82) is 0 Å². The van der Waals surface area contributed by atoms with Crippen LogP contribution in [0.25, 0.3) is 0 Å². The van der Waals surface area contributed by atoms with Crippen molar-refractivity contribution < 1.29 is 9.59 Å². The molecule has 3 fully saturated rings. The monoisotopic (exact) mass is 386 g/mol. The highest BCUT2D eigenvalue weighted by molar-refractivity contribution is 6.09. The van der Waals surface area contributed by atoms with E-state index in [0.717, 1.165) is 38.9 Å². The van der Waals surface area contributed by atoms with E-state index in [9.17, 15) is 9.59 Å². The van der Waals surface area contributed by atoms with Gasteiger partial charge in [-0.3, -0.25) is 14.6 Å². The Morgan fingerprint density at radius 1 is 1.11 bits per heavy atom. The van der Waals surface area contributed by atoms with E-state index >= 15 is 0 Å². The molecule has 3 aliphatic carbocycles. The summed E-state index contributed by atoms with van der Waals surface area (Å²) in [5.74, 6) is 2.78. The quantitative estimate of drug-likeness (QED) is 0.723. The Morgan fingerprint density at radius 2 is 1.82 bits per heavy atom. The second-order valence-corrected chi connectivity index (χ2v) is 10.4. The van der Waals surface area contributed by atoms with Gasteiger partial charge in [-0.25, -0.2) is 0 Å². The predicted octanol–water partition coefficient (Wildman–Crippen LogP) is 4.37. The molecular weight excluding hydrogens is 348 g/mol. The molecule has 4 unspecified atom stereocenters. The predicted molar refractivity (Wildman–Crippen MR) is 112 cm³/mol. The van der Waals surface area contributed by atoms with Gasteiger partial charge in [0, 0.05) is 43.1 Å². The maximum Gasteiger partial charge on any atom is 0.226 e. The summed E-state index contributed by atoms with van der Waals surface area (Å²) in [6, 6.07) is 0. The van der Waals surface area contributed by atoms with Crippen molar-refractivity contribution >= 4 is 17.4 Å². The molecule has 0 spiro atoms. The summed E-state index contributed by atoms with van der Waals surface area (Å²) in [5.41, 5.74) is 1.42. The highest BCUT2D eigenvalue weighted by Gasteiger charge is 2.61. The molecule has 7 atom stereocenters. The number of hydrogen-bond donors (Lipinski definition) is 0. The first kappa shape index (κ1) is 20.1. The minimum absolute atomic E-state index is 0.00795. The number of nitrogens with zero attached hydrogens (tertiary/aromatic N) is 2. The second-order valence-electron chi connectivity index (χ2n) is 10.4. The lowest BCUT2D eigenvalue weighted by molar-refractivity contribution is -0.142. The average molecular weight is 387 g/mol. The van der Waals surface area contributed by atoms with Crippen LogP contribution < -0.4 is 0 Å². The van der Waals surface area contributed by atoms with Gasteiger partial charge in [-0.2, -0.15) is 0 Å². The zero-order valence-corrected chi connectivity index (χ0v) is 18.5. The molecule has 4 rings (SSSR count). The van der Waals surface area contributed by atoms with Crippen molar-refractivity contribution in [2.45, 2.75) is 73.1 Å². The number of fused-ring (bicyclic) bond motifs is 5. The summed E-state index contributed by atoms with van der Waals surface area (Å²) in [4.78, 5) is 32.7.